The lowest BCUT2D eigenvalue weighted by molar-refractivity contribution is 0.172. The Morgan fingerprint density at radius 2 is 1.00 bits per heavy atom. The van der Waals surface area contributed by atoms with E-state index in [2.05, 4.69) is 170 Å². The van der Waals surface area contributed by atoms with E-state index in [0.29, 0.717) is 0 Å². The third-order valence-electron chi connectivity index (χ3n) is 11.3. The van der Waals surface area contributed by atoms with Crippen molar-refractivity contribution in [2.75, 3.05) is 12.0 Å². The first-order chi connectivity index (χ1) is 21.1. The molecule has 244 valence electrons. The van der Waals surface area contributed by atoms with Gasteiger partial charge in [0.05, 0.1) is 5.41 Å². The maximum absolute atomic E-state index is 4.11. The molecule has 0 nitrogen and oxygen atoms in total. The maximum atomic E-state index is 4.11. The van der Waals surface area contributed by atoms with Crippen LogP contribution < -0.4 is 0 Å². The Labute approximate surface area is 285 Å². The van der Waals surface area contributed by atoms with E-state index < -0.39 is 5.41 Å². The maximum Gasteiger partial charge on any atom is 0.0694 e. The van der Waals surface area contributed by atoms with Crippen LogP contribution >= 0.6 is 11.8 Å². The Bertz CT molecular complexity index is 1680. The average Bonchev–Trinajstić information content (AvgIpc) is 3.40. The second-order valence-electron chi connectivity index (χ2n) is 18.1. The third kappa shape index (κ3) is 5.20. The number of allylic oxidation sites excluding steroid dienone is 5. The average molecular weight is 631 g/mol. The van der Waals surface area contributed by atoms with Crippen molar-refractivity contribution in [3.63, 3.8) is 0 Å². The summed E-state index contributed by atoms with van der Waals surface area (Å²) < 4.78 is 0. The standard InChI is InChI=1S/C45H58S/c1-16-17-18-35-34-24-21-31(42(8,9)10)27-38(34)45(39(35)44(13,14)43(11,12)28-46-15)36-25-29(40(2,3)4)19-22-32(36)33-23-20-30(26-37(33)45)41(5,6)7/h16-27H,1,28H2,2-15H3/b18-17-. The molecule has 5 rings (SSSR count). The van der Waals surface area contributed by atoms with E-state index in [4.69, 9.17) is 0 Å². The second kappa shape index (κ2) is 11.2. The number of fused-ring (bicyclic) bond motifs is 7. The van der Waals surface area contributed by atoms with Crippen LogP contribution in [0.2, 0.25) is 0 Å². The lowest BCUT2D eigenvalue weighted by atomic mass is 9.54. The minimum atomic E-state index is -0.427. The van der Waals surface area contributed by atoms with Crippen molar-refractivity contribution in [1.29, 1.82) is 0 Å². The van der Waals surface area contributed by atoms with Crippen LogP contribution in [0, 0.1) is 10.8 Å². The Hall–Kier alpha value is -2.77. The van der Waals surface area contributed by atoms with Crippen LogP contribution in [-0.4, -0.2) is 12.0 Å². The summed E-state index contributed by atoms with van der Waals surface area (Å²) in [6, 6.07) is 22.2. The van der Waals surface area contributed by atoms with Crippen molar-refractivity contribution in [3.8, 4) is 11.1 Å². The number of benzene rings is 3. The van der Waals surface area contributed by atoms with E-state index in [1.165, 1.54) is 61.2 Å². The number of rotatable bonds is 6. The quantitative estimate of drug-likeness (QED) is 0.244. The molecule has 0 saturated heterocycles. The highest BCUT2D eigenvalue weighted by Gasteiger charge is 2.59. The first-order valence-corrected chi connectivity index (χ1v) is 18.5. The van der Waals surface area contributed by atoms with Crippen LogP contribution in [0.1, 0.15) is 129 Å². The molecular weight excluding hydrogens is 573 g/mol. The molecule has 46 heavy (non-hydrogen) atoms. The minimum absolute atomic E-state index is 0.0170. The summed E-state index contributed by atoms with van der Waals surface area (Å²) in [5.41, 5.74) is 15.0. The molecule has 0 radical (unpaired) electrons. The van der Waals surface area contributed by atoms with Crippen molar-refractivity contribution in [2.45, 2.75) is 112 Å². The van der Waals surface area contributed by atoms with Gasteiger partial charge in [0.2, 0.25) is 0 Å². The molecule has 3 aromatic carbocycles. The second-order valence-corrected chi connectivity index (χ2v) is 19.0. The van der Waals surface area contributed by atoms with Crippen molar-refractivity contribution in [1.82, 2.24) is 0 Å². The van der Waals surface area contributed by atoms with Gasteiger partial charge in [0.15, 0.2) is 0 Å². The third-order valence-corrected chi connectivity index (χ3v) is 12.3. The molecule has 3 aromatic rings. The highest BCUT2D eigenvalue weighted by molar-refractivity contribution is 7.98. The SMILES string of the molecule is C=C/C=C\C1=C(C(C)(C)C(C)(C)CSC)C2(c3cc(C(C)(C)C)ccc31)c1cc(C(C)(C)C)ccc1-c1ccc(C(C)(C)C)cc12. The van der Waals surface area contributed by atoms with E-state index in [1.54, 1.807) is 0 Å². The van der Waals surface area contributed by atoms with Crippen molar-refractivity contribution in [3.05, 3.63) is 124 Å². The van der Waals surface area contributed by atoms with Crippen LogP contribution in [0.4, 0.5) is 0 Å². The summed E-state index contributed by atoms with van der Waals surface area (Å²) in [5, 5.41) is 0. The largest absolute Gasteiger partial charge is 0.165 e. The highest BCUT2D eigenvalue weighted by Crippen LogP contribution is 2.68. The first kappa shape index (κ1) is 34.6. The van der Waals surface area contributed by atoms with Crippen LogP contribution in [-0.2, 0) is 21.7 Å². The fourth-order valence-electron chi connectivity index (χ4n) is 7.87. The van der Waals surface area contributed by atoms with Crippen LogP contribution in [0.5, 0.6) is 0 Å². The lowest BCUT2D eigenvalue weighted by Crippen LogP contribution is -2.44. The van der Waals surface area contributed by atoms with E-state index in [9.17, 15) is 0 Å². The molecule has 0 N–H and O–H groups in total. The summed E-state index contributed by atoms with van der Waals surface area (Å²) in [6.45, 7) is 35.3. The zero-order valence-corrected chi connectivity index (χ0v) is 32.1. The zero-order chi connectivity index (χ0) is 34.3. The van der Waals surface area contributed by atoms with Gasteiger partial charge in [-0.2, -0.15) is 11.8 Å². The first-order valence-electron chi connectivity index (χ1n) is 17.1. The molecular formula is C45H58S. The molecule has 0 bridgehead atoms. The molecule has 0 aliphatic heterocycles. The summed E-state index contributed by atoms with van der Waals surface area (Å²) in [5.74, 6) is 1.07. The molecule has 0 atom stereocenters. The van der Waals surface area contributed by atoms with Crippen molar-refractivity contribution >= 4 is 17.3 Å². The predicted molar refractivity (Wildman–Crippen MR) is 207 cm³/mol. The molecule has 1 spiro atoms. The number of hydrogen-bond donors (Lipinski definition) is 0. The molecule has 0 fully saturated rings. The molecule has 0 saturated carbocycles. The fraction of sp³-hybridized carbons (Fsp3) is 0.467. The smallest absolute Gasteiger partial charge is 0.0694 e. The van der Waals surface area contributed by atoms with Crippen LogP contribution in [0.3, 0.4) is 0 Å². The summed E-state index contributed by atoms with van der Waals surface area (Å²) in [7, 11) is 0. The monoisotopic (exact) mass is 630 g/mol. The van der Waals surface area contributed by atoms with Gasteiger partial charge in [0, 0.05) is 0 Å². The van der Waals surface area contributed by atoms with Gasteiger partial charge in [-0.3, -0.25) is 0 Å². The van der Waals surface area contributed by atoms with E-state index >= 15 is 0 Å². The molecule has 0 amide bonds. The molecule has 0 heterocycles. The van der Waals surface area contributed by atoms with Crippen molar-refractivity contribution < 1.29 is 0 Å². The normalized spacial score (nSPS) is 16.3. The topological polar surface area (TPSA) is 0 Å². The van der Waals surface area contributed by atoms with Gasteiger partial charge in [0.1, 0.15) is 0 Å². The zero-order valence-electron chi connectivity index (χ0n) is 31.3. The summed E-state index contributed by atoms with van der Waals surface area (Å²) >= 11 is 1.96. The molecule has 1 heteroatoms. The van der Waals surface area contributed by atoms with Crippen LogP contribution in [0.15, 0.2) is 85.0 Å². The number of thioether (sulfide) groups is 1. The Morgan fingerprint density at radius 1 is 0.609 bits per heavy atom. The van der Waals surface area contributed by atoms with Gasteiger partial charge in [-0.25, -0.2) is 0 Å². The number of hydrogen-bond acceptors (Lipinski definition) is 1. The van der Waals surface area contributed by atoms with Gasteiger partial charge in [-0.1, -0.05) is 169 Å². The Balaban J connectivity index is 2.10. The predicted octanol–water partition coefficient (Wildman–Crippen LogP) is 12.8. The van der Waals surface area contributed by atoms with Gasteiger partial charge >= 0.3 is 0 Å². The minimum Gasteiger partial charge on any atom is -0.165 e. The molecule has 2 aliphatic rings. The van der Waals surface area contributed by atoms with E-state index in [-0.39, 0.29) is 27.1 Å². The van der Waals surface area contributed by atoms with E-state index in [0.717, 1.165) is 5.75 Å². The molecule has 2 aliphatic carbocycles. The fourth-order valence-corrected chi connectivity index (χ4v) is 8.95. The summed E-state index contributed by atoms with van der Waals surface area (Å²) in [4.78, 5) is 0. The highest BCUT2D eigenvalue weighted by atomic mass is 32.2. The Kier molecular flexibility index (Phi) is 8.38. The lowest BCUT2D eigenvalue weighted by Gasteiger charge is -2.49. The van der Waals surface area contributed by atoms with Crippen molar-refractivity contribution in [2.24, 2.45) is 10.8 Å². The van der Waals surface area contributed by atoms with Gasteiger partial charge in [-0.15, -0.1) is 0 Å². The van der Waals surface area contributed by atoms with Gasteiger partial charge in [0.25, 0.3) is 0 Å². The summed E-state index contributed by atoms with van der Waals surface area (Å²) in [6.07, 6.45) is 8.71. The molecule has 0 aromatic heterocycles. The van der Waals surface area contributed by atoms with Crippen LogP contribution in [0.25, 0.3) is 16.7 Å². The van der Waals surface area contributed by atoms with Gasteiger partial charge < -0.3 is 0 Å². The molecule has 0 unspecified atom stereocenters. The Morgan fingerprint density at radius 3 is 1.37 bits per heavy atom. The van der Waals surface area contributed by atoms with E-state index in [1.807, 2.05) is 17.8 Å². The van der Waals surface area contributed by atoms with Gasteiger partial charge in [-0.05, 0) is 100 Å².